The molecule has 186 valence electrons. The number of ether oxygens (including phenoxy) is 1. The Labute approximate surface area is 215 Å². The number of nitrogens with one attached hydrogen (secondary N) is 1. The van der Waals surface area contributed by atoms with Gasteiger partial charge < -0.3 is 10.1 Å². The van der Waals surface area contributed by atoms with Gasteiger partial charge >= 0.3 is 12.1 Å². The number of hydrogen-bond donors (Lipinski definition) is 1. The summed E-state index contributed by atoms with van der Waals surface area (Å²) in [7, 11) is 0. The van der Waals surface area contributed by atoms with Crippen molar-refractivity contribution in [2.75, 3.05) is 11.9 Å². The van der Waals surface area contributed by atoms with E-state index in [-0.39, 0.29) is 23.6 Å². The Morgan fingerprint density at radius 2 is 1.94 bits per heavy atom. The molecule has 0 atom stereocenters. The quantitative estimate of drug-likeness (QED) is 0.287. The lowest BCUT2D eigenvalue weighted by Gasteiger charge is -2.11. The molecule has 36 heavy (non-hydrogen) atoms. The maximum absolute atomic E-state index is 13.9. The number of hydrogen-bond acceptors (Lipinski definition) is 6. The van der Waals surface area contributed by atoms with Crippen molar-refractivity contribution >= 4 is 49.8 Å². The zero-order chi connectivity index (χ0) is 25.6. The van der Waals surface area contributed by atoms with Crippen molar-refractivity contribution in [2.24, 2.45) is 0 Å². The van der Waals surface area contributed by atoms with E-state index in [1.807, 2.05) is 0 Å². The predicted octanol–water partition coefficient (Wildman–Crippen LogP) is 6.16. The van der Waals surface area contributed by atoms with Crippen molar-refractivity contribution in [3.05, 3.63) is 68.3 Å². The minimum Gasteiger partial charge on any atom is -0.462 e. The van der Waals surface area contributed by atoms with Gasteiger partial charge in [0.05, 0.1) is 17.9 Å². The van der Waals surface area contributed by atoms with E-state index < -0.39 is 23.7 Å². The molecule has 1 aliphatic carbocycles. The van der Waals surface area contributed by atoms with E-state index in [2.05, 4.69) is 31.3 Å². The molecule has 0 saturated carbocycles. The average molecular weight is 579 g/mol. The summed E-state index contributed by atoms with van der Waals surface area (Å²) in [6, 6.07) is 8.76. The molecule has 0 bridgehead atoms. The fourth-order valence-corrected chi connectivity index (χ4v) is 5.67. The summed E-state index contributed by atoms with van der Waals surface area (Å²) in [5, 5.41) is 6.86. The molecule has 7 nitrogen and oxygen atoms in total. The molecule has 0 spiro atoms. The van der Waals surface area contributed by atoms with E-state index >= 15 is 0 Å². The number of esters is 1. The van der Waals surface area contributed by atoms with Gasteiger partial charge in [0.25, 0.3) is 5.91 Å². The first-order valence-corrected chi connectivity index (χ1v) is 12.6. The van der Waals surface area contributed by atoms with Crippen molar-refractivity contribution in [1.29, 1.82) is 0 Å². The van der Waals surface area contributed by atoms with Crippen LogP contribution in [0, 0.1) is 0 Å². The van der Waals surface area contributed by atoms with Crippen LogP contribution >= 0.6 is 27.3 Å². The maximum atomic E-state index is 13.9. The van der Waals surface area contributed by atoms with Crippen LogP contribution in [0.5, 0.6) is 0 Å². The highest BCUT2D eigenvalue weighted by molar-refractivity contribution is 9.10. The van der Waals surface area contributed by atoms with Crippen LogP contribution in [0.2, 0.25) is 0 Å². The van der Waals surface area contributed by atoms with Gasteiger partial charge in [-0.1, -0.05) is 28.1 Å². The van der Waals surface area contributed by atoms with Gasteiger partial charge in [-0.05, 0) is 49.9 Å². The number of aryl methyl sites for hydroxylation is 1. The van der Waals surface area contributed by atoms with Gasteiger partial charge in [0, 0.05) is 21.0 Å². The first-order valence-electron chi connectivity index (χ1n) is 11.0. The number of aromatic nitrogens is 3. The normalized spacial score (nSPS) is 13.1. The van der Waals surface area contributed by atoms with Crippen molar-refractivity contribution < 1.29 is 27.5 Å². The lowest BCUT2D eigenvalue weighted by Crippen LogP contribution is -2.17. The smallest absolute Gasteiger partial charge is 0.433 e. The zero-order valence-corrected chi connectivity index (χ0v) is 21.2. The molecule has 1 N–H and O–H groups in total. The van der Waals surface area contributed by atoms with E-state index in [0.29, 0.717) is 27.1 Å². The molecule has 5 rings (SSSR count). The van der Waals surface area contributed by atoms with Crippen LogP contribution in [0.3, 0.4) is 0 Å². The highest BCUT2D eigenvalue weighted by Gasteiger charge is 2.36. The van der Waals surface area contributed by atoms with Gasteiger partial charge in [-0.25, -0.2) is 14.3 Å². The number of carbonyl (C=O) groups is 2. The third-order valence-electron chi connectivity index (χ3n) is 5.72. The van der Waals surface area contributed by atoms with Crippen molar-refractivity contribution in [3.8, 4) is 11.3 Å². The Bertz CT molecular complexity index is 1500. The number of carbonyl (C=O) groups excluding carboxylic acids is 2. The monoisotopic (exact) mass is 578 g/mol. The number of benzene rings is 1. The molecule has 12 heteroatoms. The Morgan fingerprint density at radius 1 is 1.19 bits per heavy atom. The van der Waals surface area contributed by atoms with Crippen molar-refractivity contribution in [3.63, 3.8) is 0 Å². The molecule has 3 heterocycles. The van der Waals surface area contributed by atoms with Gasteiger partial charge in [-0.15, -0.1) is 11.3 Å². The lowest BCUT2D eigenvalue weighted by molar-refractivity contribution is -0.142. The van der Waals surface area contributed by atoms with Gasteiger partial charge in [-0.3, -0.25) is 4.79 Å². The molecule has 0 radical (unpaired) electrons. The summed E-state index contributed by atoms with van der Waals surface area (Å²) in [5.41, 5.74) is 0.268. The van der Waals surface area contributed by atoms with Crippen LogP contribution in [0.4, 0.5) is 18.2 Å². The number of alkyl halides is 3. The predicted molar refractivity (Wildman–Crippen MR) is 131 cm³/mol. The minimum absolute atomic E-state index is 0.0912. The third kappa shape index (κ3) is 4.50. The number of amides is 1. The highest BCUT2D eigenvalue weighted by atomic mass is 79.9. The van der Waals surface area contributed by atoms with E-state index in [1.54, 1.807) is 31.2 Å². The van der Waals surface area contributed by atoms with Crippen LogP contribution in [-0.2, 0) is 23.8 Å². The fraction of sp³-hybridized carbons (Fsp3) is 0.250. The van der Waals surface area contributed by atoms with Gasteiger partial charge in [-0.2, -0.15) is 18.3 Å². The number of halogens is 4. The topological polar surface area (TPSA) is 85.6 Å². The van der Waals surface area contributed by atoms with Crippen LogP contribution in [-0.4, -0.2) is 33.1 Å². The molecular formula is C24H18BrF3N4O3S. The van der Waals surface area contributed by atoms with E-state index in [1.165, 1.54) is 17.4 Å². The Hall–Kier alpha value is -3.25. The second kappa shape index (κ2) is 9.32. The van der Waals surface area contributed by atoms with Crippen molar-refractivity contribution in [2.45, 2.75) is 32.4 Å². The Kier molecular flexibility index (Phi) is 6.33. The van der Waals surface area contributed by atoms with Gasteiger partial charge in [0.2, 0.25) is 0 Å². The number of thiophene rings is 1. The van der Waals surface area contributed by atoms with Crippen LogP contribution in [0.25, 0.3) is 16.9 Å². The number of fused-ring (bicyclic) bond motifs is 2. The molecule has 1 aromatic carbocycles. The molecule has 4 aromatic rings. The van der Waals surface area contributed by atoms with Crippen LogP contribution in [0.15, 0.2) is 40.9 Å². The van der Waals surface area contributed by atoms with E-state index in [9.17, 15) is 22.8 Å². The summed E-state index contributed by atoms with van der Waals surface area (Å²) in [6.45, 7) is 1.86. The fourth-order valence-electron chi connectivity index (χ4n) is 4.13. The van der Waals surface area contributed by atoms with Gasteiger partial charge in [0.15, 0.2) is 17.0 Å². The molecule has 1 aliphatic rings. The highest BCUT2D eigenvalue weighted by Crippen LogP contribution is 2.40. The maximum Gasteiger partial charge on any atom is 0.433 e. The summed E-state index contributed by atoms with van der Waals surface area (Å²) >= 11 is 4.57. The SMILES string of the molecule is CCOC(=O)c1c(NC(=O)c2cc3nc(-c4ccc(Br)cc4)cc(C(F)(F)F)n3n2)sc2c1CCC2. The Balaban J connectivity index is 1.54. The second-order valence-corrected chi connectivity index (χ2v) is 10.1. The van der Waals surface area contributed by atoms with Crippen LogP contribution < -0.4 is 5.32 Å². The largest absolute Gasteiger partial charge is 0.462 e. The molecule has 1 amide bonds. The number of nitrogens with zero attached hydrogens (tertiary/aromatic N) is 3. The second-order valence-electron chi connectivity index (χ2n) is 8.07. The molecule has 0 saturated heterocycles. The molecule has 0 fully saturated rings. The standard InChI is InChI=1S/C24H18BrF3N4O3S/c1-2-35-23(34)20-14-4-3-5-17(14)36-22(20)30-21(33)16-11-19-29-15(12-6-8-13(25)9-7-12)10-18(24(26,27)28)32(19)31-16/h6-11H,2-5H2,1H3,(H,30,33). The van der Waals surface area contributed by atoms with Crippen molar-refractivity contribution in [1.82, 2.24) is 14.6 Å². The zero-order valence-electron chi connectivity index (χ0n) is 18.8. The Morgan fingerprint density at radius 3 is 2.64 bits per heavy atom. The summed E-state index contributed by atoms with van der Waals surface area (Å²) < 4.78 is 48.2. The van der Waals surface area contributed by atoms with Crippen LogP contribution in [0.1, 0.15) is 50.3 Å². The third-order valence-corrected chi connectivity index (χ3v) is 7.45. The molecule has 3 aromatic heterocycles. The first-order chi connectivity index (χ1) is 17.2. The number of rotatable bonds is 5. The molecule has 0 aliphatic heterocycles. The van der Waals surface area contributed by atoms with E-state index in [4.69, 9.17) is 4.74 Å². The first kappa shape index (κ1) is 24.4. The lowest BCUT2D eigenvalue weighted by atomic mass is 10.1. The van der Waals surface area contributed by atoms with Gasteiger partial charge in [0.1, 0.15) is 5.00 Å². The molecule has 0 unspecified atom stereocenters. The molecular weight excluding hydrogens is 561 g/mol. The van der Waals surface area contributed by atoms with E-state index in [0.717, 1.165) is 33.8 Å². The summed E-state index contributed by atoms with van der Waals surface area (Å²) in [5.74, 6) is -1.29. The summed E-state index contributed by atoms with van der Waals surface area (Å²) in [4.78, 5) is 30.9. The minimum atomic E-state index is -4.74. The summed E-state index contributed by atoms with van der Waals surface area (Å²) in [6.07, 6.45) is -2.35. The number of anilines is 1. The average Bonchev–Trinajstić information content (AvgIpc) is 3.52.